The number of terminal acetylenes is 1. The number of hydrogen-bond acceptors (Lipinski definition) is 2. The van der Waals surface area contributed by atoms with Crippen LogP contribution in [0.3, 0.4) is 0 Å². The van der Waals surface area contributed by atoms with Crippen molar-refractivity contribution in [3.05, 3.63) is 11.9 Å². The normalized spacial score (nSPS) is 9.58. The van der Waals surface area contributed by atoms with E-state index in [0.29, 0.717) is 5.95 Å². The Morgan fingerprint density at radius 1 is 1.58 bits per heavy atom. The second-order valence-electron chi connectivity index (χ2n) is 2.70. The van der Waals surface area contributed by atoms with Gasteiger partial charge in [-0.05, 0) is 19.3 Å². The van der Waals surface area contributed by atoms with Crippen molar-refractivity contribution in [3.63, 3.8) is 0 Å². The number of H-pyrrole nitrogens is 1. The highest BCUT2D eigenvalue weighted by Crippen LogP contribution is 2.04. The zero-order valence-corrected chi connectivity index (χ0v) is 7.01. The first kappa shape index (κ1) is 8.66. The Kier molecular flexibility index (Phi) is 3.21. The van der Waals surface area contributed by atoms with Gasteiger partial charge in [0, 0.05) is 12.1 Å². The van der Waals surface area contributed by atoms with Crippen molar-refractivity contribution < 1.29 is 0 Å². The Hall–Kier alpha value is -1.43. The van der Waals surface area contributed by atoms with E-state index in [2.05, 4.69) is 15.9 Å². The first-order chi connectivity index (χ1) is 5.83. The van der Waals surface area contributed by atoms with Gasteiger partial charge in [0.1, 0.15) is 0 Å². The summed E-state index contributed by atoms with van der Waals surface area (Å²) >= 11 is 0. The Labute approximate surface area is 72.4 Å². The van der Waals surface area contributed by atoms with Crippen LogP contribution >= 0.6 is 0 Å². The molecule has 1 rings (SSSR count). The maximum Gasteiger partial charge on any atom is 0.197 e. The van der Waals surface area contributed by atoms with Crippen molar-refractivity contribution in [1.29, 1.82) is 0 Å². The van der Waals surface area contributed by atoms with E-state index in [-0.39, 0.29) is 0 Å². The predicted octanol–water partition coefficient (Wildman–Crippen LogP) is 1.34. The van der Waals surface area contributed by atoms with E-state index in [1.165, 1.54) is 0 Å². The fourth-order valence-electron chi connectivity index (χ4n) is 1.05. The van der Waals surface area contributed by atoms with Gasteiger partial charge in [-0.3, -0.25) is 0 Å². The lowest BCUT2D eigenvalue weighted by atomic mass is 10.2. The number of nitrogen functional groups attached to an aromatic ring is 1. The Morgan fingerprint density at radius 3 is 3.00 bits per heavy atom. The van der Waals surface area contributed by atoms with E-state index < -0.39 is 0 Å². The maximum atomic E-state index is 5.41. The molecule has 0 aromatic carbocycles. The lowest BCUT2D eigenvalue weighted by molar-refractivity contribution is 0.746. The third-order valence-electron chi connectivity index (χ3n) is 1.67. The fraction of sp³-hybridized carbons (Fsp3) is 0.444. The van der Waals surface area contributed by atoms with Crippen molar-refractivity contribution in [2.24, 2.45) is 0 Å². The molecule has 1 heterocycles. The molecule has 1 aromatic rings. The predicted molar refractivity (Wildman–Crippen MR) is 49.4 cm³/mol. The first-order valence-electron chi connectivity index (χ1n) is 4.05. The molecule has 0 unspecified atom stereocenters. The fourth-order valence-corrected chi connectivity index (χ4v) is 1.05. The van der Waals surface area contributed by atoms with Gasteiger partial charge in [-0.25, -0.2) is 4.98 Å². The standard InChI is InChI=1S/C9H13N3/c1-2-3-4-5-6-8-7-11-9(10)12-8/h1,7H,3-6H2,(H3,10,11,12). The minimum absolute atomic E-state index is 0.488. The zero-order chi connectivity index (χ0) is 8.81. The first-order valence-corrected chi connectivity index (χ1v) is 4.05. The molecule has 0 spiro atoms. The monoisotopic (exact) mass is 163 g/mol. The van der Waals surface area contributed by atoms with E-state index >= 15 is 0 Å². The van der Waals surface area contributed by atoms with Gasteiger partial charge in [-0.2, -0.15) is 0 Å². The number of unbranched alkanes of at least 4 members (excludes halogenated alkanes) is 2. The zero-order valence-electron chi connectivity index (χ0n) is 7.01. The van der Waals surface area contributed by atoms with Crippen LogP contribution in [0.1, 0.15) is 25.0 Å². The summed E-state index contributed by atoms with van der Waals surface area (Å²) in [7, 11) is 0. The molecule has 0 saturated carbocycles. The molecule has 0 aliphatic rings. The van der Waals surface area contributed by atoms with Crippen LogP contribution in [0.2, 0.25) is 0 Å². The second-order valence-corrected chi connectivity index (χ2v) is 2.70. The molecule has 0 atom stereocenters. The van der Waals surface area contributed by atoms with Crippen LogP contribution in [0.5, 0.6) is 0 Å². The molecule has 0 aliphatic carbocycles. The number of aromatic nitrogens is 2. The van der Waals surface area contributed by atoms with Gasteiger partial charge in [-0.15, -0.1) is 12.3 Å². The van der Waals surface area contributed by atoms with Gasteiger partial charge in [0.05, 0.1) is 6.20 Å². The number of anilines is 1. The summed E-state index contributed by atoms with van der Waals surface area (Å²) in [5, 5.41) is 0. The summed E-state index contributed by atoms with van der Waals surface area (Å²) in [6.07, 6.45) is 10.9. The van der Waals surface area contributed by atoms with E-state index in [1.807, 2.05) is 0 Å². The van der Waals surface area contributed by atoms with Gasteiger partial charge in [0.25, 0.3) is 0 Å². The van der Waals surface area contributed by atoms with Crippen molar-refractivity contribution in [2.75, 3.05) is 5.73 Å². The van der Waals surface area contributed by atoms with Crippen LogP contribution in [0.4, 0.5) is 5.95 Å². The van der Waals surface area contributed by atoms with E-state index in [9.17, 15) is 0 Å². The molecule has 64 valence electrons. The lowest BCUT2D eigenvalue weighted by Gasteiger charge is -1.93. The van der Waals surface area contributed by atoms with E-state index in [4.69, 9.17) is 12.2 Å². The largest absolute Gasteiger partial charge is 0.369 e. The summed E-state index contributed by atoms with van der Waals surface area (Å²) in [6, 6.07) is 0. The number of nitrogens with two attached hydrogens (primary N) is 1. The van der Waals surface area contributed by atoms with Crippen molar-refractivity contribution in [1.82, 2.24) is 9.97 Å². The van der Waals surface area contributed by atoms with Gasteiger partial charge in [0.15, 0.2) is 5.95 Å². The number of aromatic amines is 1. The minimum Gasteiger partial charge on any atom is -0.369 e. The highest BCUT2D eigenvalue weighted by molar-refractivity contribution is 5.18. The molecule has 0 aliphatic heterocycles. The molecular weight excluding hydrogens is 150 g/mol. The topological polar surface area (TPSA) is 54.7 Å². The number of nitrogens with zero attached hydrogens (tertiary/aromatic N) is 1. The molecule has 0 radical (unpaired) electrons. The lowest BCUT2D eigenvalue weighted by Crippen LogP contribution is -1.88. The van der Waals surface area contributed by atoms with Crippen molar-refractivity contribution in [2.45, 2.75) is 25.7 Å². The highest BCUT2D eigenvalue weighted by Gasteiger charge is 1.95. The van der Waals surface area contributed by atoms with Crippen LogP contribution < -0.4 is 5.73 Å². The smallest absolute Gasteiger partial charge is 0.197 e. The van der Waals surface area contributed by atoms with Crippen molar-refractivity contribution in [3.8, 4) is 12.3 Å². The highest BCUT2D eigenvalue weighted by atomic mass is 15.0. The van der Waals surface area contributed by atoms with Crippen LogP contribution in [0.25, 0.3) is 0 Å². The molecule has 0 fully saturated rings. The van der Waals surface area contributed by atoms with Crippen LogP contribution in [-0.4, -0.2) is 9.97 Å². The average molecular weight is 163 g/mol. The third-order valence-corrected chi connectivity index (χ3v) is 1.67. The number of aryl methyl sites for hydroxylation is 1. The summed E-state index contributed by atoms with van der Waals surface area (Å²) in [5.41, 5.74) is 6.50. The van der Waals surface area contributed by atoms with Crippen LogP contribution in [0, 0.1) is 12.3 Å². The number of hydrogen-bond donors (Lipinski definition) is 2. The van der Waals surface area contributed by atoms with Crippen LogP contribution in [-0.2, 0) is 6.42 Å². The Morgan fingerprint density at radius 2 is 2.42 bits per heavy atom. The van der Waals surface area contributed by atoms with Gasteiger partial charge < -0.3 is 10.7 Å². The number of rotatable bonds is 4. The Balaban J connectivity index is 2.21. The molecule has 0 amide bonds. The minimum atomic E-state index is 0.488. The van der Waals surface area contributed by atoms with Gasteiger partial charge >= 0.3 is 0 Å². The molecule has 0 saturated heterocycles. The summed E-state index contributed by atoms with van der Waals surface area (Å²) < 4.78 is 0. The molecule has 3 heteroatoms. The molecule has 3 nitrogen and oxygen atoms in total. The quantitative estimate of drug-likeness (QED) is 0.520. The van der Waals surface area contributed by atoms with Crippen LogP contribution in [0.15, 0.2) is 6.20 Å². The summed E-state index contributed by atoms with van der Waals surface area (Å²) in [6.45, 7) is 0. The second kappa shape index (κ2) is 4.45. The van der Waals surface area contributed by atoms with Gasteiger partial charge in [0.2, 0.25) is 0 Å². The Bertz CT molecular complexity index is 270. The molecule has 0 bridgehead atoms. The number of imidazole rings is 1. The summed E-state index contributed by atoms with van der Waals surface area (Å²) in [4.78, 5) is 6.87. The SMILES string of the molecule is C#CCCCCc1cnc(N)[nH]1. The van der Waals surface area contributed by atoms with Crippen molar-refractivity contribution >= 4 is 5.95 Å². The number of nitrogens with one attached hydrogen (secondary N) is 1. The van der Waals surface area contributed by atoms with E-state index in [0.717, 1.165) is 31.4 Å². The van der Waals surface area contributed by atoms with Gasteiger partial charge in [-0.1, -0.05) is 0 Å². The molecule has 12 heavy (non-hydrogen) atoms. The summed E-state index contributed by atoms with van der Waals surface area (Å²) in [5.74, 6) is 3.10. The molecule has 1 aromatic heterocycles. The van der Waals surface area contributed by atoms with E-state index in [1.54, 1.807) is 6.20 Å². The molecular formula is C9H13N3. The third kappa shape index (κ3) is 2.67. The molecule has 3 N–H and O–H groups in total. The average Bonchev–Trinajstić information content (AvgIpc) is 2.45. The maximum absolute atomic E-state index is 5.41.